The first-order valence-electron chi connectivity index (χ1n) is 9.06. The number of carbonyl (C=O) groups is 2. The van der Waals surface area contributed by atoms with Crippen LogP contribution in [0.2, 0.25) is 0 Å². The minimum Gasteiger partial charge on any atom is -0.469 e. The number of ether oxygens (including phenoxy) is 1. The second-order valence-corrected chi connectivity index (χ2v) is 6.70. The fourth-order valence-corrected chi connectivity index (χ4v) is 3.46. The van der Waals surface area contributed by atoms with Crippen LogP contribution in [-0.4, -0.2) is 46.8 Å². The minimum atomic E-state index is -0.182. The second-order valence-electron chi connectivity index (χ2n) is 6.70. The third-order valence-corrected chi connectivity index (χ3v) is 5.03. The van der Waals surface area contributed by atoms with Gasteiger partial charge in [-0.05, 0) is 38.3 Å². The Morgan fingerprint density at radius 3 is 2.42 bits per heavy atom. The summed E-state index contributed by atoms with van der Waals surface area (Å²) >= 11 is 0. The molecule has 1 fully saturated rings. The first-order valence-corrected chi connectivity index (χ1v) is 9.06. The van der Waals surface area contributed by atoms with Crippen LogP contribution in [0.5, 0.6) is 0 Å². The van der Waals surface area contributed by atoms with Crippen molar-refractivity contribution in [2.45, 2.75) is 33.1 Å². The van der Waals surface area contributed by atoms with Crippen LogP contribution in [0, 0.1) is 12.8 Å². The van der Waals surface area contributed by atoms with Gasteiger partial charge in [-0.2, -0.15) is 5.10 Å². The van der Waals surface area contributed by atoms with Gasteiger partial charge in [-0.25, -0.2) is 4.68 Å². The molecule has 1 aromatic carbocycles. The average Bonchev–Trinajstić information content (AvgIpc) is 3.11. The van der Waals surface area contributed by atoms with E-state index in [0.29, 0.717) is 37.9 Å². The molecule has 0 saturated carbocycles. The summed E-state index contributed by atoms with van der Waals surface area (Å²) in [5, 5.41) is 4.45. The maximum atomic E-state index is 13.0. The number of aromatic nitrogens is 2. The van der Waals surface area contributed by atoms with E-state index in [1.807, 2.05) is 47.7 Å². The highest BCUT2D eigenvalue weighted by molar-refractivity contribution is 5.95. The Kier molecular flexibility index (Phi) is 5.40. The molecular formula is C20H25N3O3. The summed E-state index contributed by atoms with van der Waals surface area (Å²) in [6.45, 7) is 5.21. The van der Waals surface area contributed by atoms with Crippen molar-refractivity contribution in [1.29, 1.82) is 0 Å². The highest BCUT2D eigenvalue weighted by Crippen LogP contribution is 2.23. The molecule has 1 aromatic heterocycles. The van der Waals surface area contributed by atoms with Crippen molar-refractivity contribution in [2.24, 2.45) is 5.92 Å². The molecule has 1 saturated heterocycles. The normalized spacial score (nSPS) is 15.1. The van der Waals surface area contributed by atoms with Crippen LogP contribution in [-0.2, 0) is 16.0 Å². The van der Waals surface area contributed by atoms with Crippen LogP contribution in [0.1, 0.15) is 41.4 Å². The van der Waals surface area contributed by atoms with Crippen molar-refractivity contribution >= 4 is 11.9 Å². The number of amides is 1. The number of benzene rings is 1. The van der Waals surface area contributed by atoms with Crippen molar-refractivity contribution in [3.63, 3.8) is 0 Å². The van der Waals surface area contributed by atoms with E-state index in [-0.39, 0.29) is 17.8 Å². The van der Waals surface area contributed by atoms with Crippen molar-refractivity contribution in [2.75, 3.05) is 20.2 Å². The number of esters is 1. The van der Waals surface area contributed by atoms with Gasteiger partial charge in [0.2, 0.25) is 0 Å². The van der Waals surface area contributed by atoms with Gasteiger partial charge in [0.1, 0.15) is 0 Å². The Morgan fingerprint density at radius 2 is 1.85 bits per heavy atom. The molecule has 0 N–H and O–H groups in total. The fourth-order valence-electron chi connectivity index (χ4n) is 3.46. The Hall–Kier alpha value is -2.63. The molecule has 0 aliphatic carbocycles. The number of nitrogens with zero attached hydrogens (tertiary/aromatic N) is 3. The SMILES string of the molecule is CCc1c(C(=O)N2CCC(C(=O)OC)CC2)cnn1-c1ccc(C)cc1. The zero-order chi connectivity index (χ0) is 18.7. The molecule has 0 spiro atoms. The predicted molar refractivity (Wildman–Crippen MR) is 98.3 cm³/mol. The Labute approximate surface area is 153 Å². The number of carbonyl (C=O) groups excluding carboxylic acids is 2. The van der Waals surface area contributed by atoms with Gasteiger partial charge in [-0.1, -0.05) is 24.6 Å². The predicted octanol–water partition coefficient (Wildman–Crippen LogP) is 2.77. The molecule has 3 rings (SSSR count). The maximum absolute atomic E-state index is 13.0. The highest BCUT2D eigenvalue weighted by Gasteiger charge is 2.30. The van der Waals surface area contributed by atoms with E-state index in [4.69, 9.17) is 4.74 Å². The third-order valence-electron chi connectivity index (χ3n) is 5.03. The number of aryl methyl sites for hydroxylation is 1. The van der Waals surface area contributed by atoms with Crippen LogP contribution in [0.3, 0.4) is 0 Å². The van der Waals surface area contributed by atoms with E-state index < -0.39 is 0 Å². The highest BCUT2D eigenvalue weighted by atomic mass is 16.5. The largest absolute Gasteiger partial charge is 0.469 e. The van der Waals surface area contributed by atoms with Crippen LogP contribution in [0.4, 0.5) is 0 Å². The van der Waals surface area contributed by atoms with Gasteiger partial charge in [0.25, 0.3) is 5.91 Å². The smallest absolute Gasteiger partial charge is 0.308 e. The first kappa shape index (κ1) is 18.2. The second kappa shape index (κ2) is 7.72. The van der Waals surface area contributed by atoms with Gasteiger partial charge >= 0.3 is 5.97 Å². The zero-order valence-corrected chi connectivity index (χ0v) is 15.6. The molecule has 0 bridgehead atoms. The van der Waals surface area contributed by atoms with Gasteiger partial charge in [0, 0.05) is 13.1 Å². The van der Waals surface area contributed by atoms with E-state index in [1.54, 1.807) is 6.20 Å². The quantitative estimate of drug-likeness (QED) is 0.791. The Bertz CT molecular complexity index is 787. The summed E-state index contributed by atoms with van der Waals surface area (Å²) in [7, 11) is 1.41. The van der Waals surface area contributed by atoms with E-state index in [9.17, 15) is 9.59 Å². The van der Waals surface area contributed by atoms with Crippen molar-refractivity contribution < 1.29 is 14.3 Å². The lowest BCUT2D eigenvalue weighted by atomic mass is 9.96. The molecule has 0 radical (unpaired) electrons. The number of likely N-dealkylation sites (tertiary alicyclic amines) is 1. The van der Waals surface area contributed by atoms with Crippen molar-refractivity contribution in [3.8, 4) is 5.69 Å². The maximum Gasteiger partial charge on any atom is 0.308 e. The molecule has 0 atom stereocenters. The van der Waals surface area contributed by atoms with E-state index in [2.05, 4.69) is 5.10 Å². The first-order chi connectivity index (χ1) is 12.5. The van der Waals surface area contributed by atoms with Crippen LogP contribution in [0.25, 0.3) is 5.69 Å². The van der Waals surface area contributed by atoms with Gasteiger partial charge in [0.15, 0.2) is 0 Å². The molecule has 2 aromatic rings. The molecule has 26 heavy (non-hydrogen) atoms. The van der Waals surface area contributed by atoms with Crippen molar-refractivity contribution in [3.05, 3.63) is 47.3 Å². The molecule has 1 aliphatic heterocycles. The van der Waals surface area contributed by atoms with E-state index in [1.165, 1.54) is 12.7 Å². The Balaban J connectivity index is 1.78. The summed E-state index contributed by atoms with van der Waals surface area (Å²) in [4.78, 5) is 26.5. The standard InChI is InChI=1S/C20H25N3O3/c1-4-18-17(13-21-23(18)16-7-5-14(2)6-8-16)19(24)22-11-9-15(10-12-22)20(25)26-3/h5-8,13,15H,4,9-12H2,1-3H3. The molecule has 1 aliphatic rings. The third kappa shape index (κ3) is 3.49. The summed E-state index contributed by atoms with van der Waals surface area (Å²) in [6, 6.07) is 8.10. The Morgan fingerprint density at radius 1 is 1.19 bits per heavy atom. The molecule has 1 amide bonds. The summed E-state index contributed by atoms with van der Waals surface area (Å²) in [6.07, 6.45) is 3.67. The molecule has 6 heteroatoms. The van der Waals surface area contributed by atoms with E-state index in [0.717, 1.165) is 11.4 Å². The fraction of sp³-hybridized carbons (Fsp3) is 0.450. The van der Waals surface area contributed by atoms with Gasteiger partial charge in [-0.3, -0.25) is 9.59 Å². The molecule has 2 heterocycles. The summed E-state index contributed by atoms with van der Waals surface area (Å²) < 4.78 is 6.65. The molecular weight excluding hydrogens is 330 g/mol. The van der Waals surface area contributed by atoms with Crippen LogP contribution < -0.4 is 0 Å². The zero-order valence-electron chi connectivity index (χ0n) is 15.6. The number of methoxy groups -OCH3 is 1. The monoisotopic (exact) mass is 355 g/mol. The molecule has 0 unspecified atom stereocenters. The van der Waals surface area contributed by atoms with Crippen LogP contribution >= 0.6 is 0 Å². The lowest BCUT2D eigenvalue weighted by Crippen LogP contribution is -2.40. The van der Waals surface area contributed by atoms with E-state index >= 15 is 0 Å². The van der Waals surface area contributed by atoms with Crippen LogP contribution in [0.15, 0.2) is 30.5 Å². The number of piperidine rings is 1. The lowest BCUT2D eigenvalue weighted by Gasteiger charge is -2.30. The van der Waals surface area contributed by atoms with Gasteiger partial charge in [-0.15, -0.1) is 0 Å². The van der Waals surface area contributed by atoms with Gasteiger partial charge in [0.05, 0.1) is 36.2 Å². The minimum absolute atomic E-state index is 0.0106. The molecule has 138 valence electrons. The molecule has 6 nitrogen and oxygen atoms in total. The van der Waals surface area contributed by atoms with Crippen molar-refractivity contribution in [1.82, 2.24) is 14.7 Å². The number of rotatable bonds is 4. The number of hydrogen-bond acceptors (Lipinski definition) is 4. The summed E-state index contributed by atoms with van der Waals surface area (Å²) in [5.41, 5.74) is 3.69. The topological polar surface area (TPSA) is 64.4 Å². The average molecular weight is 355 g/mol. The summed E-state index contributed by atoms with van der Waals surface area (Å²) in [5.74, 6) is -0.299. The lowest BCUT2D eigenvalue weighted by molar-refractivity contribution is -0.146. The van der Waals surface area contributed by atoms with Gasteiger partial charge < -0.3 is 9.64 Å². The number of hydrogen-bond donors (Lipinski definition) is 0.